The summed E-state index contributed by atoms with van der Waals surface area (Å²) in [6, 6.07) is 71.7. The van der Waals surface area contributed by atoms with Gasteiger partial charge in [-0.2, -0.15) is 0 Å². The summed E-state index contributed by atoms with van der Waals surface area (Å²) in [5.74, 6) is 0. The van der Waals surface area contributed by atoms with Crippen molar-refractivity contribution in [2.24, 2.45) is 0 Å². The zero-order chi connectivity index (χ0) is 41.3. The van der Waals surface area contributed by atoms with Crippen molar-refractivity contribution in [3.63, 3.8) is 0 Å². The number of benzene rings is 8. The van der Waals surface area contributed by atoms with Crippen LogP contribution in [0.15, 0.2) is 207 Å². The minimum Gasteiger partial charge on any atom is -0.308 e. The predicted molar refractivity (Wildman–Crippen MR) is 261 cm³/mol. The van der Waals surface area contributed by atoms with E-state index in [1.54, 1.807) is 0 Å². The van der Waals surface area contributed by atoms with Gasteiger partial charge < -0.3 is 4.90 Å². The van der Waals surface area contributed by atoms with Crippen molar-refractivity contribution in [2.45, 2.75) is 31.6 Å². The van der Waals surface area contributed by atoms with Gasteiger partial charge in [0, 0.05) is 31.8 Å². The lowest BCUT2D eigenvalue weighted by Gasteiger charge is -2.34. The first kappa shape index (κ1) is 37.0. The summed E-state index contributed by atoms with van der Waals surface area (Å²) in [5, 5.41) is 2.43. The Morgan fingerprint density at radius 3 is 1.74 bits per heavy atom. The molecule has 0 N–H and O–H groups in total. The van der Waals surface area contributed by atoms with Crippen molar-refractivity contribution >= 4 is 50.1 Å². The van der Waals surface area contributed by atoms with Crippen LogP contribution in [0.3, 0.4) is 0 Å². The number of thiophene rings is 1. The van der Waals surface area contributed by atoms with Crippen molar-refractivity contribution < 1.29 is 0 Å². The van der Waals surface area contributed by atoms with Crippen LogP contribution in [0.5, 0.6) is 0 Å². The van der Waals surface area contributed by atoms with E-state index in [0.717, 1.165) is 11.4 Å². The van der Waals surface area contributed by atoms with E-state index in [0.29, 0.717) is 0 Å². The first-order valence-corrected chi connectivity index (χ1v) is 22.0. The summed E-state index contributed by atoms with van der Waals surface area (Å²) >= 11 is 1.91. The maximum absolute atomic E-state index is 4.28. The van der Waals surface area contributed by atoms with Crippen molar-refractivity contribution in [2.75, 3.05) is 4.90 Å². The van der Waals surface area contributed by atoms with Gasteiger partial charge in [0.25, 0.3) is 0 Å². The Bertz CT molecular complexity index is 3250. The molecule has 11 rings (SSSR count). The van der Waals surface area contributed by atoms with Crippen LogP contribution in [0.25, 0.3) is 55.1 Å². The van der Waals surface area contributed by atoms with Crippen LogP contribution in [-0.2, 0) is 10.8 Å². The van der Waals surface area contributed by atoms with Gasteiger partial charge in [-0.1, -0.05) is 202 Å². The zero-order valence-corrected chi connectivity index (χ0v) is 35.5. The molecule has 292 valence electrons. The molecule has 0 spiro atoms. The molecule has 1 aromatic heterocycles. The Balaban J connectivity index is 1.23. The van der Waals surface area contributed by atoms with E-state index in [9.17, 15) is 0 Å². The van der Waals surface area contributed by atoms with E-state index >= 15 is 0 Å². The van der Waals surface area contributed by atoms with Crippen molar-refractivity contribution in [3.8, 4) is 33.4 Å². The van der Waals surface area contributed by atoms with Crippen molar-refractivity contribution in [1.82, 2.24) is 0 Å². The number of fused-ring (bicyclic) bond motifs is 7. The molecule has 2 heteroatoms. The van der Waals surface area contributed by atoms with Crippen molar-refractivity contribution in [3.05, 3.63) is 244 Å². The van der Waals surface area contributed by atoms with Crippen LogP contribution in [0.2, 0.25) is 0 Å². The normalized spacial score (nSPS) is 14.8. The smallest absolute Gasteiger partial charge is 0.0687 e. The van der Waals surface area contributed by atoms with Crippen LogP contribution in [0, 0.1) is 0 Å². The van der Waals surface area contributed by atoms with E-state index in [4.69, 9.17) is 0 Å². The summed E-state index contributed by atoms with van der Waals surface area (Å²) < 4.78 is 2.50. The third kappa shape index (κ3) is 5.45. The van der Waals surface area contributed by atoms with Gasteiger partial charge in [-0.3, -0.25) is 0 Å². The van der Waals surface area contributed by atoms with Gasteiger partial charge in [0.05, 0.1) is 21.5 Å². The second-order valence-electron chi connectivity index (χ2n) is 16.9. The Kier molecular flexibility index (Phi) is 8.70. The first-order chi connectivity index (χ1) is 29.9. The number of rotatable bonds is 7. The molecule has 0 saturated heterocycles. The highest BCUT2D eigenvalue weighted by Crippen LogP contribution is 2.57. The molecule has 1 heterocycles. The minimum atomic E-state index is -0.498. The fraction of sp³-hybridized carbons (Fsp3) is 0.0847. The van der Waals surface area contributed by atoms with Crippen LogP contribution < -0.4 is 14.7 Å². The van der Waals surface area contributed by atoms with Crippen LogP contribution in [0.1, 0.15) is 48.6 Å². The average molecular weight is 800 g/mol. The van der Waals surface area contributed by atoms with Gasteiger partial charge in [-0.25, -0.2) is 0 Å². The molecule has 9 aromatic rings. The maximum Gasteiger partial charge on any atom is 0.0687 e. The molecular formula is C59H45NS. The van der Waals surface area contributed by atoms with E-state index in [1.807, 2.05) is 17.4 Å². The lowest BCUT2D eigenvalue weighted by Crippen LogP contribution is -2.34. The lowest BCUT2D eigenvalue weighted by atomic mass is 9.67. The standard InChI is InChI=1S/C59H45NS/c1-5-20-46-47-28-18-34-54(57(47)61-56(46)39(2)59(42-23-10-7-11-24-42)50-30-16-12-25-44(50)45-26-13-17-31-51(45)59)60(43-37-35-41(36-38-43)40-21-8-6-9-22-40)53-33-19-32-52-55(53)48-27-14-15-29-49(48)58(52,3)4/h5-38H,1H2,2-4H3/b46-20-,56-39-. The second-order valence-corrected chi connectivity index (χ2v) is 17.9. The average Bonchev–Trinajstić information content (AvgIpc) is 3.92. The molecule has 0 saturated carbocycles. The van der Waals surface area contributed by atoms with Crippen molar-refractivity contribution in [1.29, 1.82) is 0 Å². The third-order valence-corrected chi connectivity index (χ3v) is 14.7. The van der Waals surface area contributed by atoms with Crippen LogP contribution in [0.4, 0.5) is 17.1 Å². The summed E-state index contributed by atoms with van der Waals surface area (Å²) in [5.41, 5.74) is 18.4. The number of allylic oxidation sites excluding steroid dienone is 1. The highest BCUT2D eigenvalue weighted by atomic mass is 32.1. The highest BCUT2D eigenvalue weighted by Gasteiger charge is 2.46. The van der Waals surface area contributed by atoms with Gasteiger partial charge in [0.2, 0.25) is 0 Å². The van der Waals surface area contributed by atoms with E-state index < -0.39 is 5.41 Å². The molecular weight excluding hydrogens is 755 g/mol. The van der Waals surface area contributed by atoms with Gasteiger partial charge in [0.15, 0.2) is 0 Å². The molecule has 0 fully saturated rings. The molecule has 2 aliphatic carbocycles. The Hall–Kier alpha value is -7.00. The summed E-state index contributed by atoms with van der Waals surface area (Å²) in [7, 11) is 0. The Morgan fingerprint density at radius 1 is 0.525 bits per heavy atom. The number of hydrogen-bond donors (Lipinski definition) is 0. The van der Waals surface area contributed by atoms with Gasteiger partial charge in [0.1, 0.15) is 0 Å². The number of nitrogens with zero attached hydrogens (tertiary/aromatic N) is 1. The minimum absolute atomic E-state index is 0.134. The van der Waals surface area contributed by atoms with Gasteiger partial charge in [-0.05, 0) is 92.4 Å². The first-order valence-electron chi connectivity index (χ1n) is 21.2. The lowest BCUT2D eigenvalue weighted by molar-refractivity contribution is 0.660. The highest BCUT2D eigenvalue weighted by molar-refractivity contribution is 7.17. The zero-order valence-electron chi connectivity index (χ0n) is 34.7. The molecule has 0 bridgehead atoms. The topological polar surface area (TPSA) is 3.24 Å². The molecule has 0 radical (unpaired) electrons. The fourth-order valence-electron chi connectivity index (χ4n) is 10.6. The summed E-state index contributed by atoms with van der Waals surface area (Å²) in [6.45, 7) is 11.4. The molecule has 0 aliphatic heterocycles. The number of anilines is 3. The molecule has 0 atom stereocenters. The summed E-state index contributed by atoms with van der Waals surface area (Å²) in [4.78, 5) is 2.52. The summed E-state index contributed by atoms with van der Waals surface area (Å²) in [6.07, 6.45) is 4.19. The molecule has 0 unspecified atom stereocenters. The molecule has 8 aromatic carbocycles. The molecule has 61 heavy (non-hydrogen) atoms. The second kappa shape index (κ2) is 14.3. The third-order valence-electron chi connectivity index (χ3n) is 13.4. The van der Waals surface area contributed by atoms with E-state index in [1.165, 1.54) is 92.3 Å². The van der Waals surface area contributed by atoms with Crippen LogP contribution in [-0.4, -0.2) is 0 Å². The largest absolute Gasteiger partial charge is 0.308 e. The quantitative estimate of drug-likeness (QED) is 0.155. The maximum atomic E-state index is 4.28. The molecule has 1 nitrogen and oxygen atoms in total. The number of hydrogen-bond acceptors (Lipinski definition) is 2. The SMILES string of the molecule is C=C/C=c1\c(=C(/C)C2(c3ccccc3)c3ccccc3-c3ccccc32)sc2c(N(c3ccc(-c4ccccc4)cc3)c3cccc4c3-c3ccccc3C4(C)C)cccc12. The van der Waals surface area contributed by atoms with Crippen LogP contribution >= 0.6 is 11.3 Å². The van der Waals surface area contributed by atoms with Gasteiger partial charge in [-0.15, -0.1) is 11.3 Å². The van der Waals surface area contributed by atoms with E-state index in [-0.39, 0.29) is 5.41 Å². The Labute approximate surface area is 362 Å². The Morgan fingerprint density at radius 2 is 1.07 bits per heavy atom. The predicted octanol–water partition coefficient (Wildman–Crippen LogP) is 14.5. The van der Waals surface area contributed by atoms with E-state index in [2.05, 4.69) is 232 Å². The van der Waals surface area contributed by atoms with Gasteiger partial charge >= 0.3 is 0 Å². The monoisotopic (exact) mass is 799 g/mol. The molecule has 0 amide bonds. The molecule has 2 aliphatic rings. The fourth-order valence-corrected chi connectivity index (χ4v) is 12.0.